The van der Waals surface area contributed by atoms with E-state index in [0.717, 1.165) is 23.3 Å². The molecular weight excluding hydrogens is 332 g/mol. The molecule has 0 radical (unpaired) electrons. The van der Waals surface area contributed by atoms with Crippen molar-refractivity contribution in [2.45, 2.75) is 20.3 Å². The Balaban J connectivity index is 1.94. The minimum atomic E-state index is 0.443. The number of hydrogen-bond acceptors (Lipinski definition) is 4. The summed E-state index contributed by atoms with van der Waals surface area (Å²) in [6.07, 6.45) is 2.70. The normalized spacial score (nSPS) is 11.1. The largest absolute Gasteiger partial charge is 0.493 e. The van der Waals surface area contributed by atoms with Gasteiger partial charge in [-0.15, -0.1) is 0 Å². The van der Waals surface area contributed by atoms with Crippen molar-refractivity contribution in [3.63, 3.8) is 0 Å². The van der Waals surface area contributed by atoms with Crippen molar-refractivity contribution in [3.05, 3.63) is 64.4 Å². The van der Waals surface area contributed by atoms with E-state index in [1.165, 1.54) is 5.56 Å². The summed E-state index contributed by atoms with van der Waals surface area (Å²) in [5.41, 5.74) is 3.04. The smallest absolute Gasteiger partial charge is 0.216 e. The van der Waals surface area contributed by atoms with E-state index in [4.69, 9.17) is 17.0 Å². The van der Waals surface area contributed by atoms with Crippen molar-refractivity contribution in [1.29, 1.82) is 0 Å². The van der Waals surface area contributed by atoms with Crippen LogP contribution >= 0.6 is 12.2 Å². The van der Waals surface area contributed by atoms with Crippen LogP contribution in [0.3, 0.4) is 0 Å². The number of H-pyrrole nitrogens is 1. The average molecular weight is 352 g/mol. The molecule has 0 atom stereocenters. The molecule has 6 heteroatoms. The summed E-state index contributed by atoms with van der Waals surface area (Å²) in [6, 6.07) is 15.9. The fraction of sp³-hybridized carbons (Fsp3) is 0.211. The number of aromatic amines is 1. The summed E-state index contributed by atoms with van der Waals surface area (Å²) in [5, 5.41) is 11.6. The second-order valence-corrected chi connectivity index (χ2v) is 6.05. The van der Waals surface area contributed by atoms with Crippen molar-refractivity contribution in [1.82, 2.24) is 14.9 Å². The highest BCUT2D eigenvalue weighted by Gasteiger charge is 2.08. The van der Waals surface area contributed by atoms with Gasteiger partial charge >= 0.3 is 0 Å². The third-order valence-corrected chi connectivity index (χ3v) is 3.92. The predicted octanol–water partition coefficient (Wildman–Crippen LogP) is 4.59. The first kappa shape index (κ1) is 17.1. The maximum Gasteiger partial charge on any atom is 0.216 e. The summed E-state index contributed by atoms with van der Waals surface area (Å²) >= 11 is 5.32. The summed E-state index contributed by atoms with van der Waals surface area (Å²) in [6.45, 7) is 4.80. The van der Waals surface area contributed by atoms with Crippen molar-refractivity contribution >= 4 is 18.4 Å². The quantitative estimate of drug-likeness (QED) is 0.521. The van der Waals surface area contributed by atoms with Crippen molar-refractivity contribution in [3.8, 4) is 17.1 Å². The highest BCUT2D eigenvalue weighted by atomic mass is 32.1. The van der Waals surface area contributed by atoms with Gasteiger partial charge in [-0.3, -0.25) is 0 Å². The van der Waals surface area contributed by atoms with Gasteiger partial charge in [0.15, 0.2) is 5.82 Å². The topological polar surface area (TPSA) is 55.2 Å². The van der Waals surface area contributed by atoms with Gasteiger partial charge in [-0.05, 0) is 37.7 Å². The molecule has 0 aliphatic carbocycles. The lowest BCUT2D eigenvalue weighted by molar-refractivity contribution is 0.317. The highest BCUT2D eigenvalue weighted by Crippen LogP contribution is 2.19. The molecule has 0 fully saturated rings. The molecular formula is C19H20N4OS. The fourth-order valence-electron chi connectivity index (χ4n) is 2.34. The van der Waals surface area contributed by atoms with E-state index in [-0.39, 0.29) is 0 Å². The third kappa shape index (κ3) is 4.03. The molecule has 3 rings (SSSR count). The number of ether oxygens (including phenoxy) is 1. The number of hydrogen-bond donors (Lipinski definition) is 1. The van der Waals surface area contributed by atoms with Gasteiger partial charge in [-0.2, -0.15) is 14.9 Å². The Morgan fingerprint density at radius 3 is 2.72 bits per heavy atom. The molecule has 0 unspecified atom stereocenters. The Labute approximate surface area is 152 Å². The minimum Gasteiger partial charge on any atom is -0.493 e. The first-order valence-electron chi connectivity index (χ1n) is 8.19. The van der Waals surface area contributed by atoms with Crippen molar-refractivity contribution in [2.75, 3.05) is 6.61 Å². The Kier molecular flexibility index (Phi) is 5.40. The van der Waals surface area contributed by atoms with E-state index < -0.39 is 0 Å². The molecule has 1 aromatic heterocycles. The zero-order valence-corrected chi connectivity index (χ0v) is 15.1. The van der Waals surface area contributed by atoms with Crippen LogP contribution in [0.25, 0.3) is 11.4 Å². The van der Waals surface area contributed by atoms with Crippen LogP contribution in [0.4, 0.5) is 0 Å². The molecule has 5 nitrogen and oxygen atoms in total. The van der Waals surface area contributed by atoms with Gasteiger partial charge in [0.1, 0.15) is 5.75 Å². The summed E-state index contributed by atoms with van der Waals surface area (Å²) in [4.78, 5) is 0. The van der Waals surface area contributed by atoms with Crippen LogP contribution in [0.5, 0.6) is 5.75 Å². The van der Waals surface area contributed by atoms with Gasteiger partial charge < -0.3 is 4.74 Å². The minimum absolute atomic E-state index is 0.443. The lowest BCUT2D eigenvalue weighted by Gasteiger charge is -2.07. The molecule has 2 aromatic carbocycles. The zero-order valence-electron chi connectivity index (χ0n) is 14.3. The standard InChI is InChI=1S/C19H20N4OS/c1-3-12-24-17-7-5-4-6-16(17)13-20-23-18(21-22-19(23)25)15-10-8-14(2)9-11-15/h4-11,13H,3,12H2,1-2H3,(H,22,25)/b20-13-. The Morgan fingerprint density at radius 1 is 1.20 bits per heavy atom. The fourth-order valence-corrected chi connectivity index (χ4v) is 2.52. The van der Waals surface area contributed by atoms with E-state index in [1.54, 1.807) is 10.9 Å². The van der Waals surface area contributed by atoms with E-state index in [0.29, 0.717) is 17.2 Å². The van der Waals surface area contributed by atoms with Crippen molar-refractivity contribution in [2.24, 2.45) is 5.10 Å². The van der Waals surface area contributed by atoms with Gasteiger partial charge in [0, 0.05) is 11.1 Å². The molecule has 0 saturated carbocycles. The number of rotatable bonds is 6. The molecule has 3 aromatic rings. The first-order chi connectivity index (χ1) is 12.2. The van der Waals surface area contributed by atoms with Crippen molar-refractivity contribution < 1.29 is 4.74 Å². The van der Waals surface area contributed by atoms with Crippen LogP contribution in [-0.4, -0.2) is 27.7 Å². The zero-order chi connectivity index (χ0) is 17.6. The van der Waals surface area contributed by atoms with Gasteiger partial charge in [0.2, 0.25) is 4.77 Å². The molecule has 0 aliphatic rings. The predicted molar refractivity (Wildman–Crippen MR) is 103 cm³/mol. The van der Waals surface area contributed by atoms with Crippen LogP contribution < -0.4 is 4.74 Å². The number of para-hydroxylation sites is 1. The molecule has 1 N–H and O–H groups in total. The maximum absolute atomic E-state index is 5.76. The van der Waals surface area contributed by atoms with Crippen LogP contribution in [0.1, 0.15) is 24.5 Å². The monoisotopic (exact) mass is 352 g/mol. The Hall–Kier alpha value is -2.73. The molecule has 0 amide bonds. The van der Waals surface area contributed by atoms with Gasteiger partial charge in [0.05, 0.1) is 12.8 Å². The molecule has 0 saturated heterocycles. The average Bonchev–Trinajstić information content (AvgIpc) is 3.00. The molecule has 0 bridgehead atoms. The van der Waals surface area contributed by atoms with Crippen LogP contribution in [0, 0.1) is 11.7 Å². The summed E-state index contributed by atoms with van der Waals surface area (Å²) in [5.74, 6) is 1.48. The second-order valence-electron chi connectivity index (χ2n) is 5.66. The maximum atomic E-state index is 5.76. The number of nitrogens with one attached hydrogen (secondary N) is 1. The summed E-state index contributed by atoms with van der Waals surface area (Å²) < 4.78 is 7.83. The van der Waals surface area contributed by atoms with E-state index >= 15 is 0 Å². The lowest BCUT2D eigenvalue weighted by atomic mass is 10.1. The van der Waals surface area contributed by atoms with Crippen LogP contribution in [0.2, 0.25) is 0 Å². The van der Waals surface area contributed by atoms with Gasteiger partial charge in [-0.25, -0.2) is 5.10 Å². The number of aryl methyl sites for hydroxylation is 1. The molecule has 25 heavy (non-hydrogen) atoms. The van der Waals surface area contributed by atoms with E-state index in [9.17, 15) is 0 Å². The number of nitrogens with zero attached hydrogens (tertiary/aromatic N) is 3. The third-order valence-electron chi connectivity index (χ3n) is 3.65. The molecule has 1 heterocycles. The molecule has 0 aliphatic heterocycles. The first-order valence-corrected chi connectivity index (χ1v) is 8.60. The SMILES string of the molecule is CCCOc1ccccc1/C=N\n1c(-c2ccc(C)cc2)n[nH]c1=S. The van der Waals surface area contributed by atoms with Crippen LogP contribution in [-0.2, 0) is 0 Å². The summed E-state index contributed by atoms with van der Waals surface area (Å²) in [7, 11) is 0. The van der Waals surface area contributed by atoms with Gasteiger partial charge in [0.25, 0.3) is 0 Å². The highest BCUT2D eigenvalue weighted by molar-refractivity contribution is 7.71. The lowest BCUT2D eigenvalue weighted by Crippen LogP contribution is -2.00. The molecule has 128 valence electrons. The molecule has 0 spiro atoms. The Bertz CT molecular complexity index is 925. The van der Waals surface area contributed by atoms with Crippen LogP contribution in [0.15, 0.2) is 53.6 Å². The van der Waals surface area contributed by atoms with Gasteiger partial charge in [-0.1, -0.05) is 48.9 Å². The number of benzene rings is 2. The van der Waals surface area contributed by atoms with E-state index in [2.05, 4.69) is 22.2 Å². The number of aromatic nitrogens is 3. The second kappa shape index (κ2) is 7.90. The van der Waals surface area contributed by atoms with E-state index in [1.807, 2.05) is 55.5 Å². The Morgan fingerprint density at radius 2 is 1.96 bits per heavy atom.